The number of sulfone groups is 1. The Hall–Kier alpha value is -0.0400. The Morgan fingerprint density at radius 3 is 2.68 bits per heavy atom. The smallest absolute Gasteiger partial charge is 0.150 e. The molecule has 19 heavy (non-hydrogen) atoms. The van der Waals surface area contributed by atoms with Crippen molar-refractivity contribution in [2.45, 2.75) is 30.8 Å². The number of aliphatic hydroxyl groups is 1. The Labute approximate surface area is 127 Å². The zero-order chi connectivity index (χ0) is 14.3. The molecule has 108 valence electrons. The number of hydrogen-bond acceptors (Lipinski definition) is 4. The Morgan fingerprint density at radius 1 is 1.37 bits per heavy atom. The van der Waals surface area contributed by atoms with Gasteiger partial charge in [-0.15, -0.1) is 11.8 Å². The molecule has 1 aromatic carbocycles. The summed E-state index contributed by atoms with van der Waals surface area (Å²) in [5, 5.41) is 9.84. The number of rotatable bonds is 8. The molecular formula is C13H19BrO3S2. The predicted octanol–water partition coefficient (Wildman–Crippen LogP) is 3.12. The first kappa shape index (κ1) is 17.0. The Morgan fingerprint density at radius 2 is 2.05 bits per heavy atom. The summed E-state index contributed by atoms with van der Waals surface area (Å²) in [6.45, 7) is 1.65. The summed E-state index contributed by atoms with van der Waals surface area (Å²) in [6, 6.07) is 7.85. The van der Waals surface area contributed by atoms with Crippen LogP contribution < -0.4 is 0 Å². The van der Waals surface area contributed by atoms with Crippen molar-refractivity contribution in [3.63, 3.8) is 0 Å². The molecule has 6 heteroatoms. The number of halogens is 1. The van der Waals surface area contributed by atoms with Gasteiger partial charge in [0.2, 0.25) is 0 Å². The van der Waals surface area contributed by atoms with Gasteiger partial charge in [-0.2, -0.15) is 0 Å². The zero-order valence-corrected chi connectivity index (χ0v) is 14.1. The van der Waals surface area contributed by atoms with Crippen LogP contribution >= 0.6 is 27.7 Å². The first-order valence-electron chi connectivity index (χ1n) is 6.20. The van der Waals surface area contributed by atoms with E-state index in [4.69, 9.17) is 0 Å². The van der Waals surface area contributed by atoms with Crippen LogP contribution in [-0.2, 0) is 9.84 Å². The van der Waals surface area contributed by atoms with Gasteiger partial charge in [0.1, 0.15) is 9.84 Å². The first-order chi connectivity index (χ1) is 8.94. The fraction of sp³-hybridized carbons (Fsp3) is 0.538. The fourth-order valence-electron chi connectivity index (χ4n) is 1.51. The van der Waals surface area contributed by atoms with E-state index in [1.165, 1.54) is 0 Å². The molecule has 3 nitrogen and oxygen atoms in total. The fourth-order valence-corrected chi connectivity index (χ4v) is 3.96. The Balaban J connectivity index is 2.29. The molecule has 0 radical (unpaired) electrons. The quantitative estimate of drug-likeness (QED) is 0.718. The highest BCUT2D eigenvalue weighted by molar-refractivity contribution is 9.10. The van der Waals surface area contributed by atoms with Crippen molar-refractivity contribution >= 4 is 37.5 Å². The van der Waals surface area contributed by atoms with Crippen LogP contribution in [-0.4, -0.2) is 36.9 Å². The van der Waals surface area contributed by atoms with E-state index in [-0.39, 0.29) is 11.5 Å². The average molecular weight is 367 g/mol. The third kappa shape index (κ3) is 6.79. The number of thioether (sulfide) groups is 1. The summed E-state index contributed by atoms with van der Waals surface area (Å²) in [7, 11) is -2.91. The van der Waals surface area contributed by atoms with Crippen LogP contribution in [0.1, 0.15) is 19.8 Å². The molecule has 0 aromatic heterocycles. The zero-order valence-electron chi connectivity index (χ0n) is 10.9. The van der Waals surface area contributed by atoms with Gasteiger partial charge in [-0.3, -0.25) is 0 Å². The van der Waals surface area contributed by atoms with E-state index >= 15 is 0 Å². The third-order valence-corrected chi connectivity index (χ3v) is 6.66. The summed E-state index contributed by atoms with van der Waals surface area (Å²) in [6.07, 6.45) is 0.578. The molecule has 1 aromatic rings. The molecule has 1 atom stereocenters. The van der Waals surface area contributed by atoms with Crippen LogP contribution in [0.5, 0.6) is 0 Å². The molecule has 0 saturated carbocycles. The van der Waals surface area contributed by atoms with Gasteiger partial charge in [0.15, 0.2) is 0 Å². The van der Waals surface area contributed by atoms with E-state index in [1.54, 1.807) is 18.7 Å². The summed E-state index contributed by atoms with van der Waals surface area (Å²) in [5.41, 5.74) is 0. The van der Waals surface area contributed by atoms with Gasteiger partial charge in [-0.25, -0.2) is 8.42 Å². The van der Waals surface area contributed by atoms with Crippen molar-refractivity contribution in [3.8, 4) is 0 Å². The van der Waals surface area contributed by atoms with Gasteiger partial charge in [-0.1, -0.05) is 19.1 Å². The van der Waals surface area contributed by atoms with Gasteiger partial charge in [0, 0.05) is 20.9 Å². The van der Waals surface area contributed by atoms with Crippen LogP contribution in [0.4, 0.5) is 0 Å². The van der Waals surface area contributed by atoms with Crippen molar-refractivity contribution < 1.29 is 13.5 Å². The van der Waals surface area contributed by atoms with Crippen LogP contribution in [0.25, 0.3) is 0 Å². The van der Waals surface area contributed by atoms with Crippen molar-refractivity contribution in [1.82, 2.24) is 0 Å². The van der Waals surface area contributed by atoms with E-state index in [0.29, 0.717) is 18.6 Å². The molecule has 0 amide bonds. The predicted molar refractivity (Wildman–Crippen MR) is 84.4 cm³/mol. The summed E-state index contributed by atoms with van der Waals surface area (Å²) >= 11 is 5.03. The average Bonchev–Trinajstić information content (AvgIpc) is 2.37. The van der Waals surface area contributed by atoms with Crippen LogP contribution in [0.15, 0.2) is 33.6 Å². The van der Waals surface area contributed by atoms with Crippen LogP contribution in [0.3, 0.4) is 0 Å². The molecule has 0 heterocycles. The van der Waals surface area contributed by atoms with Crippen molar-refractivity contribution in [2.24, 2.45) is 0 Å². The van der Waals surface area contributed by atoms with Gasteiger partial charge in [0.25, 0.3) is 0 Å². The molecule has 0 fully saturated rings. The van der Waals surface area contributed by atoms with Crippen LogP contribution in [0, 0.1) is 0 Å². The van der Waals surface area contributed by atoms with E-state index in [1.807, 2.05) is 24.3 Å². The lowest BCUT2D eigenvalue weighted by molar-refractivity contribution is 0.188. The van der Waals surface area contributed by atoms with E-state index in [9.17, 15) is 13.5 Å². The standard InChI is InChI=1S/C13H19BrO3S2/c1-2-19(16,17)9-5-6-11(15)10-18-13-8-4-3-7-12(13)14/h3-4,7-8,11,15H,2,5-6,9-10H2,1H3. The second-order valence-corrected chi connectivity index (χ2v) is 8.66. The minimum atomic E-state index is -2.91. The highest BCUT2D eigenvalue weighted by Crippen LogP contribution is 2.27. The van der Waals surface area contributed by atoms with Crippen LogP contribution in [0.2, 0.25) is 0 Å². The molecule has 0 aliphatic rings. The number of aliphatic hydroxyl groups excluding tert-OH is 1. The van der Waals surface area contributed by atoms with Gasteiger partial charge in [0.05, 0.1) is 11.9 Å². The second-order valence-electron chi connectivity index (χ2n) is 4.27. The topological polar surface area (TPSA) is 54.4 Å². The van der Waals surface area contributed by atoms with Crippen molar-refractivity contribution in [2.75, 3.05) is 17.3 Å². The molecule has 1 unspecified atom stereocenters. The number of hydrogen-bond donors (Lipinski definition) is 1. The highest BCUT2D eigenvalue weighted by Gasteiger charge is 2.11. The summed E-state index contributed by atoms with van der Waals surface area (Å²) in [5.74, 6) is 0.920. The largest absolute Gasteiger partial charge is 0.392 e. The number of benzene rings is 1. The minimum Gasteiger partial charge on any atom is -0.392 e. The molecule has 0 aliphatic heterocycles. The minimum absolute atomic E-state index is 0.167. The summed E-state index contributed by atoms with van der Waals surface area (Å²) in [4.78, 5) is 1.09. The molecule has 0 bridgehead atoms. The molecule has 0 spiro atoms. The Bertz CT molecular complexity index is 488. The van der Waals surface area contributed by atoms with E-state index < -0.39 is 15.9 Å². The lowest BCUT2D eigenvalue weighted by atomic mass is 10.2. The van der Waals surface area contributed by atoms with Gasteiger partial charge < -0.3 is 5.11 Å². The summed E-state index contributed by atoms with van der Waals surface area (Å²) < 4.78 is 23.6. The SMILES string of the molecule is CCS(=O)(=O)CCCC(O)CSc1ccccc1Br. The molecule has 1 N–H and O–H groups in total. The lowest BCUT2D eigenvalue weighted by Crippen LogP contribution is -2.14. The highest BCUT2D eigenvalue weighted by atomic mass is 79.9. The van der Waals surface area contributed by atoms with E-state index in [0.717, 1.165) is 9.37 Å². The molecule has 0 saturated heterocycles. The molecule has 0 aliphatic carbocycles. The Kier molecular flexibility index (Phi) is 7.42. The normalized spacial score (nSPS) is 13.4. The molecular weight excluding hydrogens is 348 g/mol. The third-order valence-electron chi connectivity index (χ3n) is 2.70. The van der Waals surface area contributed by atoms with Crippen molar-refractivity contribution in [3.05, 3.63) is 28.7 Å². The maximum atomic E-state index is 11.3. The van der Waals surface area contributed by atoms with Gasteiger partial charge >= 0.3 is 0 Å². The maximum Gasteiger partial charge on any atom is 0.150 e. The first-order valence-corrected chi connectivity index (χ1v) is 9.80. The van der Waals surface area contributed by atoms with E-state index in [2.05, 4.69) is 15.9 Å². The lowest BCUT2D eigenvalue weighted by Gasteiger charge is -2.10. The van der Waals surface area contributed by atoms with Crippen molar-refractivity contribution in [1.29, 1.82) is 0 Å². The second kappa shape index (κ2) is 8.29. The maximum absolute atomic E-state index is 11.3. The molecule has 1 rings (SSSR count). The van der Waals surface area contributed by atoms with Gasteiger partial charge in [-0.05, 0) is 40.9 Å². The monoisotopic (exact) mass is 366 g/mol.